The zero-order chi connectivity index (χ0) is 12.4. The van der Waals surface area contributed by atoms with E-state index in [9.17, 15) is 9.59 Å². The van der Waals surface area contributed by atoms with Crippen molar-refractivity contribution in [2.45, 2.75) is 13.3 Å². The molecule has 1 fully saturated rings. The van der Waals surface area contributed by atoms with Gasteiger partial charge in [0.2, 0.25) is 0 Å². The average molecular weight is 232 g/mol. The number of ketones is 1. The van der Waals surface area contributed by atoms with Crippen molar-refractivity contribution >= 4 is 11.8 Å². The maximum atomic E-state index is 12.1. The average Bonchev–Trinajstić information content (AvgIpc) is 2.99. The number of Topliss-reactive ketones (excluding diaryl/α,β-unsaturated/α-hetero) is 1. The summed E-state index contributed by atoms with van der Waals surface area (Å²) in [7, 11) is 1.38. The number of carbonyl (C=O) groups is 2. The van der Waals surface area contributed by atoms with Gasteiger partial charge in [0.05, 0.1) is 7.11 Å². The van der Waals surface area contributed by atoms with Gasteiger partial charge in [-0.25, -0.2) is 0 Å². The van der Waals surface area contributed by atoms with Crippen molar-refractivity contribution in [1.29, 1.82) is 0 Å². The Labute approximate surface area is 101 Å². The maximum absolute atomic E-state index is 12.1. The molecule has 90 valence electrons. The predicted molar refractivity (Wildman–Crippen MR) is 63.5 cm³/mol. The molecule has 3 heteroatoms. The summed E-state index contributed by atoms with van der Waals surface area (Å²) in [4.78, 5) is 23.3. The van der Waals surface area contributed by atoms with Gasteiger partial charge in [0, 0.05) is 17.9 Å². The molecule has 1 aliphatic carbocycles. The Morgan fingerprint density at radius 2 is 1.88 bits per heavy atom. The quantitative estimate of drug-likeness (QED) is 0.591. The molecular weight excluding hydrogens is 216 g/mol. The normalized spacial score (nSPS) is 26.4. The Morgan fingerprint density at radius 1 is 1.24 bits per heavy atom. The molecule has 0 saturated heterocycles. The van der Waals surface area contributed by atoms with Crippen LogP contribution in [0.4, 0.5) is 0 Å². The summed E-state index contributed by atoms with van der Waals surface area (Å²) in [5, 5.41) is 0. The van der Waals surface area contributed by atoms with E-state index >= 15 is 0 Å². The van der Waals surface area contributed by atoms with Crippen LogP contribution in [0.5, 0.6) is 0 Å². The van der Waals surface area contributed by atoms with Crippen molar-refractivity contribution in [3.63, 3.8) is 0 Å². The Morgan fingerprint density at radius 3 is 2.47 bits per heavy atom. The number of carbonyl (C=O) groups excluding carboxylic acids is 2. The molecule has 0 heterocycles. The lowest BCUT2D eigenvalue weighted by Crippen LogP contribution is -2.07. The van der Waals surface area contributed by atoms with Crippen LogP contribution in [0.15, 0.2) is 30.3 Å². The predicted octanol–water partition coefficient (Wildman–Crippen LogP) is 2.31. The highest BCUT2D eigenvalue weighted by atomic mass is 16.5. The topological polar surface area (TPSA) is 43.4 Å². The van der Waals surface area contributed by atoms with Gasteiger partial charge in [0.15, 0.2) is 5.78 Å². The lowest BCUT2D eigenvalue weighted by Gasteiger charge is -1.99. The van der Waals surface area contributed by atoms with E-state index in [1.807, 2.05) is 37.3 Å². The van der Waals surface area contributed by atoms with Crippen LogP contribution >= 0.6 is 0 Å². The minimum Gasteiger partial charge on any atom is -0.469 e. The van der Waals surface area contributed by atoms with Crippen LogP contribution in [-0.2, 0) is 9.53 Å². The third-order valence-corrected chi connectivity index (χ3v) is 3.55. The second-order valence-corrected chi connectivity index (χ2v) is 4.56. The number of esters is 1. The Kier molecular flexibility index (Phi) is 3.27. The van der Waals surface area contributed by atoms with Crippen LogP contribution < -0.4 is 0 Å². The molecule has 0 spiro atoms. The molecule has 0 aliphatic heterocycles. The molecule has 0 amide bonds. The van der Waals surface area contributed by atoms with Gasteiger partial charge in [-0.15, -0.1) is 0 Å². The van der Waals surface area contributed by atoms with Gasteiger partial charge < -0.3 is 4.74 Å². The molecule has 1 aromatic rings. The number of hydrogen-bond acceptors (Lipinski definition) is 3. The highest BCUT2D eigenvalue weighted by molar-refractivity contribution is 6.00. The van der Waals surface area contributed by atoms with Crippen LogP contribution in [-0.4, -0.2) is 18.9 Å². The number of methoxy groups -OCH3 is 1. The van der Waals surface area contributed by atoms with Crippen LogP contribution in [0.25, 0.3) is 0 Å². The van der Waals surface area contributed by atoms with E-state index in [-0.39, 0.29) is 29.5 Å². The molecule has 3 nitrogen and oxygen atoms in total. The summed E-state index contributed by atoms with van der Waals surface area (Å²) >= 11 is 0. The van der Waals surface area contributed by atoms with Crippen molar-refractivity contribution < 1.29 is 14.3 Å². The van der Waals surface area contributed by atoms with Crippen molar-refractivity contribution in [3.8, 4) is 0 Å². The lowest BCUT2D eigenvalue weighted by molar-refractivity contribution is -0.141. The SMILES string of the molecule is COC(=O)C[C@@H]1[C@H](C)[C@H]1C(=O)c1ccccc1. The van der Waals surface area contributed by atoms with E-state index in [2.05, 4.69) is 4.74 Å². The molecule has 0 unspecified atom stereocenters. The van der Waals surface area contributed by atoms with Gasteiger partial charge >= 0.3 is 5.97 Å². The van der Waals surface area contributed by atoms with Crippen LogP contribution in [0.2, 0.25) is 0 Å². The summed E-state index contributed by atoms with van der Waals surface area (Å²) in [6.07, 6.45) is 0.348. The molecule has 2 rings (SSSR count). The van der Waals surface area contributed by atoms with E-state index in [4.69, 9.17) is 0 Å². The van der Waals surface area contributed by atoms with Gasteiger partial charge in [-0.1, -0.05) is 37.3 Å². The molecule has 0 N–H and O–H groups in total. The van der Waals surface area contributed by atoms with E-state index in [1.165, 1.54) is 7.11 Å². The fourth-order valence-corrected chi connectivity index (χ4v) is 2.36. The molecule has 0 aromatic heterocycles. The van der Waals surface area contributed by atoms with Crippen molar-refractivity contribution in [2.75, 3.05) is 7.11 Å². The van der Waals surface area contributed by atoms with Crippen molar-refractivity contribution in [3.05, 3.63) is 35.9 Å². The second kappa shape index (κ2) is 4.70. The van der Waals surface area contributed by atoms with Crippen LogP contribution in [0, 0.1) is 17.8 Å². The number of ether oxygens (including phenoxy) is 1. The highest BCUT2D eigenvalue weighted by Crippen LogP contribution is 2.50. The lowest BCUT2D eigenvalue weighted by atomic mass is 10.1. The first-order chi connectivity index (χ1) is 8.15. The third-order valence-electron chi connectivity index (χ3n) is 3.55. The van der Waals surface area contributed by atoms with Gasteiger partial charge in [0.25, 0.3) is 0 Å². The Balaban J connectivity index is 2.01. The van der Waals surface area contributed by atoms with Crippen molar-refractivity contribution in [2.24, 2.45) is 17.8 Å². The van der Waals surface area contributed by atoms with E-state index in [1.54, 1.807) is 0 Å². The molecule has 0 radical (unpaired) electrons. The van der Waals surface area contributed by atoms with Gasteiger partial charge in [-0.05, 0) is 11.8 Å². The van der Waals surface area contributed by atoms with Crippen molar-refractivity contribution in [1.82, 2.24) is 0 Å². The Hall–Kier alpha value is -1.64. The minimum atomic E-state index is -0.231. The van der Waals surface area contributed by atoms with Gasteiger partial charge in [0.1, 0.15) is 0 Å². The van der Waals surface area contributed by atoms with Gasteiger partial charge in [-0.2, -0.15) is 0 Å². The number of hydrogen-bond donors (Lipinski definition) is 0. The monoisotopic (exact) mass is 232 g/mol. The summed E-state index contributed by atoms with van der Waals surface area (Å²) in [6, 6.07) is 9.25. The molecule has 0 bridgehead atoms. The van der Waals surface area contributed by atoms with Crippen LogP contribution in [0.3, 0.4) is 0 Å². The first kappa shape index (κ1) is 11.8. The standard InChI is InChI=1S/C14H16O3/c1-9-11(8-12(15)17-2)13(9)14(16)10-6-4-3-5-7-10/h3-7,9,11,13H,8H2,1-2H3/t9-,11+,13+/m0/s1. The first-order valence-electron chi connectivity index (χ1n) is 5.81. The smallest absolute Gasteiger partial charge is 0.305 e. The number of rotatable bonds is 4. The fraction of sp³-hybridized carbons (Fsp3) is 0.429. The zero-order valence-corrected chi connectivity index (χ0v) is 10.1. The molecular formula is C14H16O3. The first-order valence-corrected chi connectivity index (χ1v) is 5.81. The summed E-state index contributed by atoms with van der Waals surface area (Å²) in [6.45, 7) is 2.01. The zero-order valence-electron chi connectivity index (χ0n) is 10.1. The molecule has 1 aromatic carbocycles. The van der Waals surface area contributed by atoms with Gasteiger partial charge in [-0.3, -0.25) is 9.59 Å². The summed E-state index contributed by atoms with van der Waals surface area (Å²) in [5.41, 5.74) is 0.733. The van der Waals surface area contributed by atoms with E-state index < -0.39 is 0 Å². The van der Waals surface area contributed by atoms with E-state index in [0.717, 1.165) is 5.56 Å². The summed E-state index contributed by atoms with van der Waals surface area (Å²) < 4.78 is 4.63. The fourth-order valence-electron chi connectivity index (χ4n) is 2.36. The molecule has 3 atom stereocenters. The summed E-state index contributed by atoms with van der Waals surface area (Å²) in [5.74, 6) is 0.325. The molecule has 1 aliphatic rings. The largest absolute Gasteiger partial charge is 0.469 e. The number of benzene rings is 1. The Bertz CT molecular complexity index is 424. The second-order valence-electron chi connectivity index (χ2n) is 4.56. The highest BCUT2D eigenvalue weighted by Gasteiger charge is 2.52. The van der Waals surface area contributed by atoms with Crippen LogP contribution in [0.1, 0.15) is 23.7 Å². The minimum absolute atomic E-state index is 0.0171. The third kappa shape index (κ3) is 2.38. The molecule has 17 heavy (non-hydrogen) atoms. The van der Waals surface area contributed by atoms with E-state index in [0.29, 0.717) is 6.42 Å². The maximum Gasteiger partial charge on any atom is 0.305 e. The molecule has 1 saturated carbocycles.